The average molecular weight is 485 g/mol. The second kappa shape index (κ2) is 5.23. The van der Waals surface area contributed by atoms with Crippen LogP contribution in [0.25, 0.3) is 0 Å². The minimum absolute atomic E-state index is 0.276. The van der Waals surface area contributed by atoms with E-state index in [2.05, 4.69) is 60.4 Å². The van der Waals surface area contributed by atoms with E-state index in [4.69, 9.17) is 4.74 Å². The van der Waals surface area contributed by atoms with Crippen molar-refractivity contribution in [3.8, 4) is 0 Å². The van der Waals surface area contributed by atoms with Crippen LogP contribution in [0, 0.1) is 7.14 Å². The fourth-order valence-corrected chi connectivity index (χ4v) is 4.73. The first-order valence-electron chi connectivity index (χ1n) is 6.10. The van der Waals surface area contributed by atoms with Crippen LogP contribution in [0.2, 0.25) is 0 Å². The highest BCUT2D eigenvalue weighted by atomic mass is 127. The molecule has 0 atom stereocenters. The number of alkyl carbamates (subject to hydrolysis) is 1. The molecule has 1 amide bonds. The van der Waals surface area contributed by atoms with Crippen LogP contribution in [0.1, 0.15) is 12.8 Å². The number of aromatic nitrogens is 1. The van der Waals surface area contributed by atoms with Gasteiger partial charge in [-0.05, 0) is 45.2 Å². The van der Waals surface area contributed by atoms with E-state index in [1.807, 2.05) is 12.4 Å². The molecular formula is C12H13I2N3O2. The van der Waals surface area contributed by atoms with Gasteiger partial charge in [0.1, 0.15) is 5.60 Å². The summed E-state index contributed by atoms with van der Waals surface area (Å²) in [5, 5.41) is 2.76. The topological polar surface area (TPSA) is 54.5 Å². The predicted molar refractivity (Wildman–Crippen MR) is 88.3 cm³/mol. The van der Waals surface area contributed by atoms with E-state index in [1.165, 1.54) is 12.8 Å². The molecule has 3 heterocycles. The zero-order chi connectivity index (χ0) is 13.5. The van der Waals surface area contributed by atoms with Gasteiger partial charge in [-0.1, -0.05) is 0 Å². The van der Waals surface area contributed by atoms with Gasteiger partial charge in [0, 0.05) is 38.3 Å². The standard InChI is InChI=1S/C12H13I2N3O2/c13-8-5-15-6-9(14)10(8)17-3-1-12(2-4-17)7-16-11(18)19-12/h5-6H,1-4,7H2,(H,16,18). The number of piperidine rings is 1. The minimum atomic E-state index is -0.280. The number of anilines is 1. The summed E-state index contributed by atoms with van der Waals surface area (Å²) in [4.78, 5) is 17.8. The summed E-state index contributed by atoms with van der Waals surface area (Å²) in [7, 11) is 0. The van der Waals surface area contributed by atoms with Crippen LogP contribution >= 0.6 is 45.2 Å². The second-order valence-corrected chi connectivity index (χ2v) is 7.19. The Hall–Kier alpha value is -0.320. The lowest BCUT2D eigenvalue weighted by molar-refractivity contribution is 0.0366. The lowest BCUT2D eigenvalue weighted by Gasteiger charge is -2.39. The molecule has 102 valence electrons. The first-order chi connectivity index (χ1) is 9.10. The van der Waals surface area contributed by atoms with Crippen molar-refractivity contribution in [1.29, 1.82) is 0 Å². The molecule has 7 heteroatoms. The lowest BCUT2D eigenvalue weighted by atomic mass is 9.91. The van der Waals surface area contributed by atoms with Crippen molar-refractivity contribution in [3.63, 3.8) is 0 Å². The quantitative estimate of drug-likeness (QED) is 0.622. The molecule has 2 fully saturated rings. The van der Waals surface area contributed by atoms with Crippen molar-refractivity contribution >= 4 is 57.0 Å². The molecule has 2 aliphatic rings. The van der Waals surface area contributed by atoms with Crippen LogP contribution in [0.15, 0.2) is 12.4 Å². The molecule has 19 heavy (non-hydrogen) atoms. The molecule has 0 radical (unpaired) electrons. The zero-order valence-corrected chi connectivity index (χ0v) is 14.5. The van der Waals surface area contributed by atoms with E-state index in [0.717, 1.165) is 25.9 Å². The van der Waals surface area contributed by atoms with Gasteiger partial charge in [-0.25, -0.2) is 4.79 Å². The number of halogens is 2. The third-order valence-electron chi connectivity index (χ3n) is 3.68. The smallest absolute Gasteiger partial charge is 0.407 e. The van der Waals surface area contributed by atoms with Crippen LogP contribution < -0.4 is 10.2 Å². The number of rotatable bonds is 1. The minimum Gasteiger partial charge on any atom is -0.441 e. The number of ether oxygens (including phenoxy) is 1. The zero-order valence-electron chi connectivity index (χ0n) is 10.2. The number of nitrogens with one attached hydrogen (secondary N) is 1. The number of hydrogen-bond donors (Lipinski definition) is 1. The van der Waals surface area contributed by atoms with Crippen molar-refractivity contribution < 1.29 is 9.53 Å². The molecule has 2 aliphatic heterocycles. The van der Waals surface area contributed by atoms with Gasteiger partial charge in [-0.3, -0.25) is 4.98 Å². The summed E-state index contributed by atoms with van der Waals surface area (Å²) in [5.41, 5.74) is 0.973. The largest absolute Gasteiger partial charge is 0.441 e. The van der Waals surface area contributed by atoms with E-state index in [0.29, 0.717) is 6.54 Å². The van der Waals surface area contributed by atoms with Crippen LogP contribution in [0.3, 0.4) is 0 Å². The van der Waals surface area contributed by atoms with Crippen molar-refractivity contribution in [1.82, 2.24) is 10.3 Å². The Bertz CT molecular complexity index is 495. The van der Waals surface area contributed by atoms with E-state index in [-0.39, 0.29) is 11.7 Å². The first kappa shape index (κ1) is 13.7. The molecule has 2 saturated heterocycles. The van der Waals surface area contributed by atoms with Crippen LogP contribution in [-0.2, 0) is 4.74 Å². The van der Waals surface area contributed by atoms with Crippen LogP contribution in [-0.4, -0.2) is 36.3 Å². The summed E-state index contributed by atoms with van der Waals surface area (Å²) in [6.45, 7) is 2.46. The highest BCUT2D eigenvalue weighted by molar-refractivity contribution is 14.1. The molecule has 0 saturated carbocycles. The van der Waals surface area contributed by atoms with Gasteiger partial charge in [0.05, 0.1) is 19.4 Å². The first-order valence-corrected chi connectivity index (χ1v) is 8.26. The Morgan fingerprint density at radius 3 is 2.42 bits per heavy atom. The van der Waals surface area contributed by atoms with E-state index < -0.39 is 0 Å². The third-order valence-corrected chi connectivity index (χ3v) is 5.26. The number of carbonyl (C=O) groups excluding carboxylic acids is 1. The molecular weight excluding hydrogens is 472 g/mol. The Morgan fingerprint density at radius 1 is 1.26 bits per heavy atom. The molecule has 1 aromatic rings. The summed E-state index contributed by atoms with van der Waals surface area (Å²) in [6, 6.07) is 0. The summed E-state index contributed by atoms with van der Waals surface area (Å²) in [5.74, 6) is 0. The van der Waals surface area contributed by atoms with E-state index in [9.17, 15) is 4.79 Å². The normalized spacial score (nSPS) is 21.4. The number of carbonyl (C=O) groups is 1. The van der Waals surface area contributed by atoms with Gasteiger partial charge in [-0.2, -0.15) is 0 Å². The van der Waals surface area contributed by atoms with Crippen molar-refractivity contribution in [2.45, 2.75) is 18.4 Å². The number of hydrogen-bond acceptors (Lipinski definition) is 4. The van der Waals surface area contributed by atoms with Crippen molar-refractivity contribution in [2.24, 2.45) is 0 Å². The molecule has 0 unspecified atom stereocenters. The van der Waals surface area contributed by atoms with Gasteiger partial charge in [0.15, 0.2) is 0 Å². The highest BCUT2D eigenvalue weighted by Gasteiger charge is 2.43. The molecule has 0 bridgehead atoms. The van der Waals surface area contributed by atoms with Crippen molar-refractivity contribution in [3.05, 3.63) is 19.5 Å². The molecule has 5 nitrogen and oxygen atoms in total. The lowest BCUT2D eigenvalue weighted by Crippen LogP contribution is -2.47. The number of amides is 1. The fraction of sp³-hybridized carbons (Fsp3) is 0.500. The maximum Gasteiger partial charge on any atom is 0.407 e. The highest BCUT2D eigenvalue weighted by Crippen LogP contribution is 2.34. The Labute approximate surface area is 138 Å². The van der Waals surface area contributed by atoms with Crippen LogP contribution in [0.4, 0.5) is 10.5 Å². The number of pyridine rings is 1. The SMILES string of the molecule is O=C1NCC2(CCN(c3c(I)cncc3I)CC2)O1. The van der Waals surface area contributed by atoms with Gasteiger partial charge < -0.3 is 15.0 Å². The Morgan fingerprint density at radius 2 is 1.89 bits per heavy atom. The van der Waals surface area contributed by atoms with Crippen molar-refractivity contribution in [2.75, 3.05) is 24.5 Å². The molecule has 0 aliphatic carbocycles. The maximum absolute atomic E-state index is 11.2. The molecule has 0 aromatic carbocycles. The Balaban J connectivity index is 1.75. The van der Waals surface area contributed by atoms with Crippen LogP contribution in [0.5, 0.6) is 0 Å². The predicted octanol–water partition coefficient (Wildman–Crippen LogP) is 2.37. The Kier molecular flexibility index (Phi) is 3.76. The molecule has 1 spiro atoms. The molecule has 1 aromatic heterocycles. The summed E-state index contributed by atoms with van der Waals surface area (Å²) >= 11 is 4.65. The molecule has 3 rings (SSSR count). The van der Waals surface area contributed by atoms with Gasteiger partial charge in [0.2, 0.25) is 0 Å². The van der Waals surface area contributed by atoms with Gasteiger partial charge in [0.25, 0.3) is 0 Å². The summed E-state index contributed by atoms with van der Waals surface area (Å²) < 4.78 is 7.78. The van der Waals surface area contributed by atoms with Gasteiger partial charge in [-0.15, -0.1) is 0 Å². The summed E-state index contributed by atoms with van der Waals surface area (Å²) in [6.07, 6.45) is 5.25. The third kappa shape index (κ3) is 2.63. The molecule has 1 N–H and O–H groups in total. The van der Waals surface area contributed by atoms with E-state index in [1.54, 1.807) is 0 Å². The number of nitrogens with zero attached hydrogens (tertiary/aromatic N) is 2. The van der Waals surface area contributed by atoms with Gasteiger partial charge >= 0.3 is 6.09 Å². The maximum atomic E-state index is 11.2. The van der Waals surface area contributed by atoms with E-state index >= 15 is 0 Å². The second-order valence-electron chi connectivity index (χ2n) is 4.86. The monoisotopic (exact) mass is 485 g/mol. The average Bonchev–Trinajstić information content (AvgIpc) is 2.73. The fourth-order valence-electron chi connectivity index (χ4n) is 2.63.